The molecular formula is C25H35N3O6. The summed E-state index contributed by atoms with van der Waals surface area (Å²) in [5.74, 6) is -1.86. The smallest absolute Gasteiger partial charge is 0.328 e. The third kappa shape index (κ3) is 6.34. The summed E-state index contributed by atoms with van der Waals surface area (Å²) in [6.45, 7) is 2.76. The van der Waals surface area contributed by atoms with Crippen LogP contribution in [0.1, 0.15) is 65.7 Å². The van der Waals surface area contributed by atoms with Crippen molar-refractivity contribution in [3.8, 4) is 0 Å². The van der Waals surface area contributed by atoms with Crippen molar-refractivity contribution in [1.82, 2.24) is 15.1 Å². The summed E-state index contributed by atoms with van der Waals surface area (Å²) in [7, 11) is 2.55. The quantitative estimate of drug-likeness (QED) is 0.576. The molecule has 34 heavy (non-hydrogen) atoms. The van der Waals surface area contributed by atoms with Crippen LogP contribution in [0.25, 0.3) is 0 Å². The van der Waals surface area contributed by atoms with Crippen LogP contribution < -0.4 is 5.32 Å². The molecule has 0 bridgehead atoms. The standard InChI is InChI=1S/C25H35N3O6/c1-33-24(31)20(17-21(25(32)34-2)27-13-7-3-8-14-27)26-22(29)18-11-5-6-12-19(18)23(30)28-15-9-4-10-16-28/h5-6,11-12,20-21H,3-4,7-10,13-17H2,1-2H3,(H,26,29)/t20-,21-/m1/s1. The van der Waals surface area contributed by atoms with E-state index in [0.717, 1.165) is 51.6 Å². The predicted molar refractivity (Wildman–Crippen MR) is 125 cm³/mol. The van der Waals surface area contributed by atoms with Gasteiger partial charge in [-0.3, -0.25) is 19.3 Å². The number of rotatable bonds is 8. The second-order valence-corrected chi connectivity index (χ2v) is 8.82. The van der Waals surface area contributed by atoms with E-state index in [1.165, 1.54) is 14.2 Å². The lowest BCUT2D eigenvalue weighted by atomic mass is 10.00. The van der Waals surface area contributed by atoms with Gasteiger partial charge in [-0.2, -0.15) is 0 Å². The number of nitrogens with one attached hydrogen (secondary N) is 1. The van der Waals surface area contributed by atoms with Crippen LogP contribution in [0, 0.1) is 0 Å². The maximum Gasteiger partial charge on any atom is 0.328 e. The summed E-state index contributed by atoms with van der Waals surface area (Å²) in [6, 6.07) is 4.85. The molecule has 0 radical (unpaired) electrons. The van der Waals surface area contributed by atoms with E-state index in [9.17, 15) is 19.2 Å². The van der Waals surface area contributed by atoms with Gasteiger partial charge in [-0.15, -0.1) is 0 Å². The van der Waals surface area contributed by atoms with Crippen LogP contribution in [-0.2, 0) is 19.1 Å². The third-order valence-corrected chi connectivity index (χ3v) is 6.60. The highest BCUT2D eigenvalue weighted by Crippen LogP contribution is 2.19. The van der Waals surface area contributed by atoms with Gasteiger partial charge >= 0.3 is 11.9 Å². The number of piperidine rings is 2. The van der Waals surface area contributed by atoms with Gasteiger partial charge in [0.1, 0.15) is 12.1 Å². The van der Waals surface area contributed by atoms with Crippen LogP contribution in [0.15, 0.2) is 24.3 Å². The first-order valence-corrected chi connectivity index (χ1v) is 12.0. The van der Waals surface area contributed by atoms with Crippen LogP contribution in [0.5, 0.6) is 0 Å². The molecule has 1 aromatic carbocycles. The largest absolute Gasteiger partial charge is 0.468 e. The van der Waals surface area contributed by atoms with Gasteiger partial charge < -0.3 is 19.7 Å². The summed E-state index contributed by atoms with van der Waals surface area (Å²) in [4.78, 5) is 55.3. The van der Waals surface area contributed by atoms with E-state index in [4.69, 9.17) is 9.47 Å². The molecule has 2 saturated heterocycles. The lowest BCUT2D eigenvalue weighted by molar-refractivity contribution is -0.149. The topological polar surface area (TPSA) is 105 Å². The molecule has 1 N–H and O–H groups in total. The van der Waals surface area contributed by atoms with Crippen molar-refractivity contribution in [3.05, 3.63) is 35.4 Å². The van der Waals surface area contributed by atoms with Crippen LogP contribution in [0.2, 0.25) is 0 Å². The highest BCUT2D eigenvalue weighted by Gasteiger charge is 2.35. The first-order valence-electron chi connectivity index (χ1n) is 12.0. The number of amides is 2. The molecular weight excluding hydrogens is 438 g/mol. The second kappa shape index (κ2) is 12.5. The number of benzene rings is 1. The Bertz CT molecular complexity index is 877. The lowest BCUT2D eigenvalue weighted by Crippen LogP contribution is -2.51. The van der Waals surface area contributed by atoms with Crippen molar-refractivity contribution in [1.29, 1.82) is 0 Å². The van der Waals surface area contributed by atoms with E-state index < -0.39 is 29.9 Å². The third-order valence-electron chi connectivity index (χ3n) is 6.60. The number of likely N-dealkylation sites (tertiary alicyclic amines) is 2. The van der Waals surface area contributed by atoms with Gasteiger partial charge in [0, 0.05) is 19.5 Å². The molecule has 0 unspecified atom stereocenters. The van der Waals surface area contributed by atoms with Crippen LogP contribution in [0.4, 0.5) is 0 Å². The number of hydrogen-bond donors (Lipinski definition) is 1. The number of nitrogens with zero attached hydrogens (tertiary/aromatic N) is 2. The lowest BCUT2D eigenvalue weighted by Gasteiger charge is -2.34. The maximum atomic E-state index is 13.3. The molecule has 9 heteroatoms. The summed E-state index contributed by atoms with van der Waals surface area (Å²) >= 11 is 0. The fraction of sp³-hybridized carbons (Fsp3) is 0.600. The van der Waals surface area contributed by atoms with E-state index in [0.29, 0.717) is 18.7 Å². The minimum Gasteiger partial charge on any atom is -0.468 e. The van der Waals surface area contributed by atoms with E-state index in [1.54, 1.807) is 29.2 Å². The van der Waals surface area contributed by atoms with Gasteiger partial charge in [-0.1, -0.05) is 18.6 Å². The molecule has 3 rings (SSSR count). The van der Waals surface area contributed by atoms with Crippen molar-refractivity contribution in [2.45, 2.75) is 57.0 Å². The minimum atomic E-state index is -1.07. The van der Waals surface area contributed by atoms with Crippen molar-refractivity contribution < 1.29 is 28.7 Å². The predicted octanol–water partition coefficient (Wildman–Crippen LogP) is 2.00. The monoisotopic (exact) mass is 473 g/mol. The Morgan fingerprint density at radius 1 is 0.824 bits per heavy atom. The second-order valence-electron chi connectivity index (χ2n) is 8.82. The molecule has 2 aliphatic heterocycles. The van der Waals surface area contributed by atoms with Crippen LogP contribution >= 0.6 is 0 Å². The Morgan fingerprint density at radius 2 is 1.38 bits per heavy atom. The molecule has 0 spiro atoms. The minimum absolute atomic E-state index is 0.0212. The number of methoxy groups -OCH3 is 2. The fourth-order valence-electron chi connectivity index (χ4n) is 4.71. The molecule has 2 fully saturated rings. The van der Waals surface area contributed by atoms with E-state index in [-0.39, 0.29) is 17.9 Å². The molecule has 0 saturated carbocycles. The van der Waals surface area contributed by atoms with Crippen molar-refractivity contribution in [2.75, 3.05) is 40.4 Å². The molecule has 186 valence electrons. The Kier molecular flexibility index (Phi) is 9.44. The number of hydrogen-bond acceptors (Lipinski definition) is 7. The molecule has 2 atom stereocenters. The van der Waals surface area contributed by atoms with Gasteiger partial charge in [-0.25, -0.2) is 4.79 Å². The van der Waals surface area contributed by atoms with Gasteiger partial charge in [-0.05, 0) is 57.3 Å². The molecule has 2 heterocycles. The van der Waals surface area contributed by atoms with Crippen molar-refractivity contribution in [3.63, 3.8) is 0 Å². The van der Waals surface area contributed by atoms with Gasteiger partial charge in [0.25, 0.3) is 11.8 Å². The number of esters is 2. The van der Waals surface area contributed by atoms with Crippen LogP contribution in [0.3, 0.4) is 0 Å². The van der Waals surface area contributed by atoms with Gasteiger partial charge in [0.2, 0.25) is 0 Å². The van der Waals surface area contributed by atoms with Crippen molar-refractivity contribution in [2.24, 2.45) is 0 Å². The molecule has 1 aromatic rings. The van der Waals surface area contributed by atoms with Gasteiger partial charge in [0.05, 0.1) is 25.3 Å². The van der Waals surface area contributed by atoms with E-state index in [2.05, 4.69) is 5.32 Å². The number of ether oxygens (including phenoxy) is 2. The summed E-state index contributed by atoms with van der Waals surface area (Å²) in [5, 5.41) is 2.71. The molecule has 2 aliphatic rings. The first-order chi connectivity index (χ1) is 16.5. The SMILES string of the molecule is COC(=O)[C@@H](C[C@@H](NC(=O)c1ccccc1C(=O)N1CCCCC1)C(=O)OC)N1CCCCC1. The Hall–Kier alpha value is -2.94. The number of carbonyl (C=O) groups excluding carboxylic acids is 4. The fourth-order valence-corrected chi connectivity index (χ4v) is 4.71. The Balaban J connectivity index is 1.80. The Labute approximate surface area is 200 Å². The van der Waals surface area contributed by atoms with E-state index in [1.807, 2.05) is 4.90 Å². The summed E-state index contributed by atoms with van der Waals surface area (Å²) in [5.41, 5.74) is 0.491. The summed E-state index contributed by atoms with van der Waals surface area (Å²) < 4.78 is 9.92. The average Bonchev–Trinajstić information content (AvgIpc) is 2.90. The zero-order valence-corrected chi connectivity index (χ0v) is 20.1. The van der Waals surface area contributed by atoms with Crippen LogP contribution in [-0.4, -0.2) is 86.0 Å². The summed E-state index contributed by atoms with van der Waals surface area (Å²) in [6.07, 6.45) is 5.98. The molecule has 2 amide bonds. The highest BCUT2D eigenvalue weighted by molar-refractivity contribution is 6.08. The molecule has 9 nitrogen and oxygen atoms in total. The van der Waals surface area contributed by atoms with Gasteiger partial charge in [0.15, 0.2) is 0 Å². The van der Waals surface area contributed by atoms with Crippen molar-refractivity contribution >= 4 is 23.8 Å². The molecule has 0 aromatic heterocycles. The normalized spacial score (nSPS) is 18.5. The first kappa shape index (κ1) is 25.7. The maximum absolute atomic E-state index is 13.3. The Morgan fingerprint density at radius 3 is 1.97 bits per heavy atom. The number of carbonyl (C=O) groups is 4. The highest BCUT2D eigenvalue weighted by atomic mass is 16.5. The zero-order valence-electron chi connectivity index (χ0n) is 20.1. The molecule has 0 aliphatic carbocycles. The average molecular weight is 474 g/mol. The zero-order chi connectivity index (χ0) is 24.5. The van der Waals surface area contributed by atoms with E-state index >= 15 is 0 Å².